The summed E-state index contributed by atoms with van der Waals surface area (Å²) in [5.41, 5.74) is -0.221. The van der Waals surface area contributed by atoms with Crippen LogP contribution in [0, 0.1) is 0 Å². The fourth-order valence-corrected chi connectivity index (χ4v) is 2.38. The zero-order valence-electron chi connectivity index (χ0n) is 12.6. The summed E-state index contributed by atoms with van der Waals surface area (Å²) in [6, 6.07) is 9.89. The second kappa shape index (κ2) is 5.53. The van der Waals surface area contributed by atoms with E-state index in [4.69, 9.17) is 0 Å². The third-order valence-electron chi connectivity index (χ3n) is 3.45. The first-order valence-corrected chi connectivity index (χ1v) is 6.92. The first-order valence-electron chi connectivity index (χ1n) is 6.92. The number of fused-ring (bicyclic) bond motifs is 1. The Bertz CT molecular complexity index is 1020. The van der Waals surface area contributed by atoms with Crippen LogP contribution in [-0.2, 0) is 0 Å². The van der Waals surface area contributed by atoms with Gasteiger partial charge in [0.05, 0.1) is 16.6 Å². The van der Waals surface area contributed by atoms with E-state index in [-0.39, 0.29) is 16.9 Å². The van der Waals surface area contributed by atoms with E-state index in [1.54, 1.807) is 50.5 Å². The van der Waals surface area contributed by atoms with Crippen LogP contribution in [-0.4, -0.2) is 39.4 Å². The number of pyridine rings is 1. The maximum atomic E-state index is 12.4. The highest BCUT2D eigenvalue weighted by Crippen LogP contribution is 2.17. The van der Waals surface area contributed by atoms with Crippen LogP contribution in [0.4, 0.5) is 0 Å². The van der Waals surface area contributed by atoms with E-state index in [1.165, 1.54) is 15.7 Å². The Morgan fingerprint density at radius 1 is 1.13 bits per heavy atom. The molecule has 2 heterocycles. The Morgan fingerprint density at radius 3 is 2.61 bits per heavy atom. The minimum atomic E-state index is -0.639. The largest absolute Gasteiger partial charge is 0.345 e. The van der Waals surface area contributed by atoms with Crippen LogP contribution in [0.25, 0.3) is 16.7 Å². The van der Waals surface area contributed by atoms with Crippen LogP contribution >= 0.6 is 0 Å². The molecule has 7 nitrogen and oxygen atoms in total. The number of nitrogens with one attached hydrogen (secondary N) is 1. The highest BCUT2D eigenvalue weighted by atomic mass is 16.2. The number of carbonyl (C=O) groups is 1. The topological polar surface area (TPSA) is 88.1 Å². The van der Waals surface area contributed by atoms with Gasteiger partial charge in [-0.05, 0) is 24.3 Å². The van der Waals surface area contributed by atoms with E-state index >= 15 is 0 Å². The molecule has 1 amide bonds. The first-order chi connectivity index (χ1) is 11.0. The van der Waals surface area contributed by atoms with Gasteiger partial charge < -0.3 is 4.90 Å². The van der Waals surface area contributed by atoms with Gasteiger partial charge in [0.25, 0.3) is 11.5 Å². The van der Waals surface area contributed by atoms with Crippen molar-refractivity contribution in [3.63, 3.8) is 0 Å². The van der Waals surface area contributed by atoms with Gasteiger partial charge in [-0.2, -0.15) is 0 Å². The number of carbonyl (C=O) groups excluding carboxylic acids is 1. The van der Waals surface area contributed by atoms with Crippen molar-refractivity contribution in [3.05, 3.63) is 69.0 Å². The summed E-state index contributed by atoms with van der Waals surface area (Å²) in [6.45, 7) is 0. The quantitative estimate of drug-likeness (QED) is 0.757. The summed E-state index contributed by atoms with van der Waals surface area (Å²) < 4.78 is 1.24. The zero-order valence-corrected chi connectivity index (χ0v) is 12.6. The van der Waals surface area contributed by atoms with Crippen molar-refractivity contribution in [2.45, 2.75) is 0 Å². The average Bonchev–Trinajstić information content (AvgIpc) is 2.54. The number of H-pyrrole nitrogens is 1. The van der Waals surface area contributed by atoms with E-state index < -0.39 is 11.2 Å². The first kappa shape index (κ1) is 14.7. The van der Waals surface area contributed by atoms with Gasteiger partial charge in [-0.15, -0.1) is 0 Å². The molecular weight excluding hydrogens is 296 g/mol. The van der Waals surface area contributed by atoms with Gasteiger partial charge in [0.15, 0.2) is 5.65 Å². The Morgan fingerprint density at radius 2 is 1.87 bits per heavy atom. The minimum Gasteiger partial charge on any atom is -0.345 e. The number of para-hydroxylation sites is 1. The summed E-state index contributed by atoms with van der Waals surface area (Å²) in [6.07, 6.45) is 1.49. The zero-order chi connectivity index (χ0) is 16.6. The van der Waals surface area contributed by atoms with E-state index in [0.29, 0.717) is 11.3 Å². The Balaban J connectivity index is 2.42. The van der Waals surface area contributed by atoms with E-state index in [1.807, 2.05) is 0 Å². The van der Waals surface area contributed by atoms with Crippen LogP contribution in [0.1, 0.15) is 10.4 Å². The summed E-state index contributed by atoms with van der Waals surface area (Å²) in [4.78, 5) is 44.5. The molecule has 7 heteroatoms. The molecular formula is C16H14N4O3. The van der Waals surface area contributed by atoms with Gasteiger partial charge in [0.2, 0.25) is 0 Å². The van der Waals surface area contributed by atoms with Crippen molar-refractivity contribution in [1.82, 2.24) is 19.4 Å². The van der Waals surface area contributed by atoms with Crippen molar-refractivity contribution in [3.8, 4) is 5.69 Å². The smallest absolute Gasteiger partial charge is 0.334 e. The SMILES string of the molecule is CN(C)C(=O)c1ccccc1-n1c(=O)[nH]c(=O)c2cccnc21. The highest BCUT2D eigenvalue weighted by molar-refractivity contribution is 5.98. The Kier molecular flexibility index (Phi) is 3.53. The molecule has 0 saturated heterocycles. The number of hydrogen-bond acceptors (Lipinski definition) is 4. The molecule has 0 atom stereocenters. The van der Waals surface area contributed by atoms with Gasteiger partial charge in [-0.25, -0.2) is 14.3 Å². The van der Waals surface area contributed by atoms with Crippen molar-refractivity contribution in [2.75, 3.05) is 14.1 Å². The molecule has 1 N–H and O–H groups in total. The van der Waals surface area contributed by atoms with Crippen LogP contribution in [0.2, 0.25) is 0 Å². The predicted octanol–water partition coefficient (Wildman–Crippen LogP) is 0.776. The van der Waals surface area contributed by atoms with Crippen molar-refractivity contribution >= 4 is 16.9 Å². The fourth-order valence-electron chi connectivity index (χ4n) is 2.38. The van der Waals surface area contributed by atoms with Crippen molar-refractivity contribution in [2.24, 2.45) is 0 Å². The van der Waals surface area contributed by atoms with Gasteiger partial charge in [-0.3, -0.25) is 14.6 Å². The molecule has 0 fully saturated rings. The van der Waals surface area contributed by atoms with Gasteiger partial charge in [-0.1, -0.05) is 12.1 Å². The average molecular weight is 310 g/mol. The molecule has 1 aromatic carbocycles. The van der Waals surface area contributed by atoms with Gasteiger partial charge in [0.1, 0.15) is 0 Å². The van der Waals surface area contributed by atoms with Gasteiger partial charge in [0, 0.05) is 20.3 Å². The number of benzene rings is 1. The molecule has 3 aromatic rings. The summed E-state index contributed by atoms with van der Waals surface area (Å²) >= 11 is 0. The molecule has 0 spiro atoms. The normalized spacial score (nSPS) is 10.7. The molecule has 0 aliphatic heterocycles. The lowest BCUT2D eigenvalue weighted by Crippen LogP contribution is -2.32. The monoisotopic (exact) mass is 310 g/mol. The third kappa shape index (κ3) is 2.42. The maximum Gasteiger partial charge on any atom is 0.334 e. The maximum absolute atomic E-state index is 12.4. The third-order valence-corrected chi connectivity index (χ3v) is 3.45. The van der Waals surface area contributed by atoms with Crippen LogP contribution < -0.4 is 11.2 Å². The summed E-state index contributed by atoms with van der Waals surface area (Å²) in [5, 5.41) is 0.277. The molecule has 0 unspecified atom stereocenters. The van der Waals surface area contributed by atoms with Crippen molar-refractivity contribution < 1.29 is 4.79 Å². The molecule has 2 aromatic heterocycles. The number of aromatic nitrogens is 3. The van der Waals surface area contributed by atoms with Gasteiger partial charge >= 0.3 is 5.69 Å². The predicted molar refractivity (Wildman–Crippen MR) is 86.0 cm³/mol. The fraction of sp³-hybridized carbons (Fsp3) is 0.125. The molecule has 0 aliphatic rings. The second-order valence-corrected chi connectivity index (χ2v) is 5.19. The van der Waals surface area contributed by atoms with E-state index in [2.05, 4.69) is 9.97 Å². The number of rotatable bonds is 2. The number of amides is 1. The van der Waals surface area contributed by atoms with E-state index in [9.17, 15) is 14.4 Å². The number of aromatic amines is 1. The lowest BCUT2D eigenvalue weighted by Gasteiger charge is -2.16. The lowest BCUT2D eigenvalue weighted by molar-refractivity contribution is 0.0827. The summed E-state index contributed by atoms with van der Waals surface area (Å²) in [7, 11) is 3.26. The molecule has 3 rings (SSSR count). The standard InChI is InChI=1S/C16H14N4O3/c1-19(2)15(22)10-6-3-4-8-12(10)20-13-11(7-5-9-17-13)14(21)18-16(20)23/h3-9H,1-2H3,(H,18,21,23). The molecule has 0 bridgehead atoms. The van der Waals surface area contributed by atoms with Crippen molar-refractivity contribution in [1.29, 1.82) is 0 Å². The lowest BCUT2D eigenvalue weighted by atomic mass is 10.1. The molecule has 23 heavy (non-hydrogen) atoms. The minimum absolute atomic E-state index is 0.209. The van der Waals surface area contributed by atoms with Crippen LogP contribution in [0.5, 0.6) is 0 Å². The Hall–Kier alpha value is -3.22. The summed E-state index contributed by atoms with van der Waals surface area (Å²) in [5.74, 6) is -0.247. The second-order valence-electron chi connectivity index (χ2n) is 5.19. The van der Waals surface area contributed by atoms with Crippen LogP contribution in [0.3, 0.4) is 0 Å². The number of nitrogens with zero attached hydrogens (tertiary/aromatic N) is 3. The van der Waals surface area contributed by atoms with Crippen LogP contribution in [0.15, 0.2) is 52.2 Å². The molecule has 0 saturated carbocycles. The molecule has 116 valence electrons. The molecule has 0 aliphatic carbocycles. The number of hydrogen-bond donors (Lipinski definition) is 1. The Labute approximate surface area is 130 Å². The highest BCUT2D eigenvalue weighted by Gasteiger charge is 2.18. The van der Waals surface area contributed by atoms with E-state index in [0.717, 1.165) is 0 Å². The molecule has 0 radical (unpaired) electrons.